The molecule has 0 fully saturated rings. The summed E-state index contributed by atoms with van der Waals surface area (Å²) < 4.78 is 5.88. The fraction of sp³-hybridized carbons (Fsp3) is 0.381. The predicted molar refractivity (Wildman–Crippen MR) is 122 cm³/mol. The van der Waals surface area contributed by atoms with Gasteiger partial charge in [-0.2, -0.15) is 0 Å². The Hall–Kier alpha value is -2.16. The Balaban J connectivity index is 1.71. The maximum absolute atomic E-state index is 12.4. The molecule has 0 aliphatic rings. The molecule has 162 valence electrons. The Morgan fingerprint density at radius 1 is 1.17 bits per heavy atom. The summed E-state index contributed by atoms with van der Waals surface area (Å²) in [6, 6.07) is 8.82. The summed E-state index contributed by atoms with van der Waals surface area (Å²) in [4.78, 5) is 28.1. The van der Waals surface area contributed by atoms with Gasteiger partial charge in [0.05, 0.1) is 10.7 Å². The third-order valence-electron chi connectivity index (χ3n) is 3.78. The molecule has 2 amide bonds. The fourth-order valence-corrected chi connectivity index (χ4v) is 2.94. The van der Waals surface area contributed by atoms with Crippen LogP contribution in [0.1, 0.15) is 43.2 Å². The first-order chi connectivity index (χ1) is 14.2. The largest absolute Gasteiger partial charge is 0.444 e. The molecule has 0 aliphatic carbocycles. The third-order valence-corrected chi connectivity index (χ3v) is 5.08. The molecule has 2 aromatic rings. The van der Waals surface area contributed by atoms with E-state index in [1.54, 1.807) is 30.5 Å². The summed E-state index contributed by atoms with van der Waals surface area (Å²) in [5, 5.41) is 9.18. The topological polar surface area (TPSA) is 92.4 Å². The zero-order valence-electron chi connectivity index (χ0n) is 17.2. The Morgan fingerprint density at radius 3 is 2.60 bits per heavy atom. The van der Waals surface area contributed by atoms with Crippen molar-refractivity contribution in [2.45, 2.75) is 39.3 Å². The maximum Gasteiger partial charge on any atom is 0.407 e. The summed E-state index contributed by atoms with van der Waals surface area (Å²) in [5.41, 5.74) is 1.27. The van der Waals surface area contributed by atoms with Crippen molar-refractivity contribution in [2.24, 2.45) is 0 Å². The number of halogens is 2. The molecule has 2 rings (SSSR count). The average Bonchev–Trinajstić information content (AvgIpc) is 2.67. The van der Waals surface area contributed by atoms with E-state index in [9.17, 15) is 9.59 Å². The van der Waals surface area contributed by atoms with E-state index in [-0.39, 0.29) is 5.91 Å². The monoisotopic (exact) mass is 496 g/mol. The SMILES string of the molecule is CC(C)(C)OC(=O)NCCCNCc1ccc(C(=O)Nc2cccc(Br)c2Cl)nc1. The highest BCUT2D eigenvalue weighted by Crippen LogP contribution is 2.30. The number of nitrogens with zero attached hydrogens (tertiary/aromatic N) is 1. The minimum Gasteiger partial charge on any atom is -0.444 e. The van der Waals surface area contributed by atoms with Gasteiger partial charge in [-0.05, 0) is 73.4 Å². The number of benzene rings is 1. The Labute approximate surface area is 190 Å². The van der Waals surface area contributed by atoms with Gasteiger partial charge in [0.15, 0.2) is 0 Å². The van der Waals surface area contributed by atoms with E-state index in [4.69, 9.17) is 16.3 Å². The van der Waals surface area contributed by atoms with Gasteiger partial charge in [0, 0.05) is 23.8 Å². The van der Waals surface area contributed by atoms with Crippen molar-refractivity contribution in [3.8, 4) is 0 Å². The van der Waals surface area contributed by atoms with Gasteiger partial charge in [0.2, 0.25) is 0 Å². The highest BCUT2D eigenvalue weighted by molar-refractivity contribution is 9.10. The van der Waals surface area contributed by atoms with Crippen LogP contribution in [-0.4, -0.2) is 35.7 Å². The molecule has 1 aromatic heterocycles. The van der Waals surface area contributed by atoms with Crippen molar-refractivity contribution in [1.82, 2.24) is 15.6 Å². The molecule has 0 unspecified atom stereocenters. The molecule has 7 nitrogen and oxygen atoms in total. The first kappa shape index (κ1) is 24.1. The molecular weight excluding hydrogens is 472 g/mol. The van der Waals surface area contributed by atoms with Gasteiger partial charge < -0.3 is 20.7 Å². The van der Waals surface area contributed by atoms with E-state index in [0.29, 0.717) is 34.0 Å². The number of carbonyl (C=O) groups is 2. The van der Waals surface area contributed by atoms with Crippen molar-refractivity contribution in [2.75, 3.05) is 18.4 Å². The van der Waals surface area contributed by atoms with Crippen LogP contribution >= 0.6 is 27.5 Å². The zero-order chi connectivity index (χ0) is 22.1. The highest BCUT2D eigenvalue weighted by Gasteiger charge is 2.15. The standard InChI is InChI=1S/C21H26BrClN4O3/c1-21(2,3)30-20(29)25-11-5-10-24-12-14-8-9-17(26-13-14)19(28)27-16-7-4-6-15(22)18(16)23/h4,6-9,13,24H,5,10-12H2,1-3H3,(H,25,29)(H,27,28). The van der Waals surface area contributed by atoms with Gasteiger partial charge in [0.1, 0.15) is 11.3 Å². The van der Waals surface area contributed by atoms with Gasteiger partial charge in [0.25, 0.3) is 5.91 Å². The lowest BCUT2D eigenvalue weighted by Crippen LogP contribution is -2.33. The number of carbonyl (C=O) groups excluding carboxylic acids is 2. The molecule has 1 aromatic carbocycles. The van der Waals surface area contributed by atoms with Crippen LogP contribution in [0.15, 0.2) is 41.0 Å². The molecule has 30 heavy (non-hydrogen) atoms. The molecular formula is C21H26BrClN4O3. The Morgan fingerprint density at radius 2 is 1.93 bits per heavy atom. The Kier molecular flexibility index (Phi) is 9.08. The minimum absolute atomic E-state index is 0.302. The molecule has 0 aliphatic heterocycles. The van der Waals surface area contributed by atoms with E-state index >= 15 is 0 Å². The van der Waals surface area contributed by atoms with Crippen molar-refractivity contribution < 1.29 is 14.3 Å². The number of hydrogen-bond acceptors (Lipinski definition) is 5. The average molecular weight is 498 g/mol. The summed E-state index contributed by atoms with van der Waals surface area (Å²) >= 11 is 9.50. The van der Waals surface area contributed by atoms with Gasteiger partial charge in [-0.25, -0.2) is 4.79 Å². The fourth-order valence-electron chi connectivity index (χ4n) is 2.40. The number of amides is 2. The third kappa shape index (κ3) is 8.30. The number of rotatable bonds is 8. The normalized spacial score (nSPS) is 11.1. The summed E-state index contributed by atoms with van der Waals surface area (Å²) in [5.74, 6) is -0.331. The molecule has 9 heteroatoms. The lowest BCUT2D eigenvalue weighted by Gasteiger charge is -2.19. The minimum atomic E-state index is -0.497. The first-order valence-corrected chi connectivity index (χ1v) is 10.7. The van der Waals surface area contributed by atoms with Gasteiger partial charge in [-0.15, -0.1) is 0 Å². The molecule has 1 heterocycles. The van der Waals surface area contributed by atoms with Crippen LogP contribution in [0.2, 0.25) is 5.02 Å². The highest BCUT2D eigenvalue weighted by atomic mass is 79.9. The van der Waals surface area contributed by atoms with Crippen molar-refractivity contribution in [1.29, 1.82) is 0 Å². The maximum atomic E-state index is 12.4. The molecule has 0 saturated carbocycles. The summed E-state index contributed by atoms with van der Waals surface area (Å²) in [6.45, 7) is 7.34. The number of hydrogen-bond donors (Lipinski definition) is 3. The predicted octanol–water partition coefficient (Wildman–Crippen LogP) is 4.75. The number of pyridine rings is 1. The Bertz CT molecular complexity index is 870. The molecule has 0 saturated heterocycles. The lowest BCUT2D eigenvalue weighted by molar-refractivity contribution is 0.0527. The van der Waals surface area contributed by atoms with Crippen molar-refractivity contribution >= 4 is 45.2 Å². The van der Waals surface area contributed by atoms with E-state index in [0.717, 1.165) is 18.5 Å². The summed E-state index contributed by atoms with van der Waals surface area (Å²) in [6.07, 6.45) is 2.01. The quantitative estimate of drug-likeness (QED) is 0.458. The number of alkyl carbamates (subject to hydrolysis) is 1. The number of nitrogens with one attached hydrogen (secondary N) is 3. The molecule has 0 spiro atoms. The van der Waals surface area contributed by atoms with Crippen molar-refractivity contribution in [3.05, 3.63) is 57.3 Å². The number of aromatic nitrogens is 1. The number of ether oxygens (including phenoxy) is 1. The molecule has 0 radical (unpaired) electrons. The second kappa shape index (κ2) is 11.3. The van der Waals surface area contributed by atoms with Crippen LogP contribution in [0.25, 0.3) is 0 Å². The van der Waals surface area contributed by atoms with Crippen LogP contribution in [0, 0.1) is 0 Å². The van der Waals surface area contributed by atoms with Gasteiger partial charge in [-0.3, -0.25) is 9.78 Å². The van der Waals surface area contributed by atoms with E-state index in [1.807, 2.05) is 26.8 Å². The van der Waals surface area contributed by atoms with E-state index < -0.39 is 11.7 Å². The molecule has 3 N–H and O–H groups in total. The summed E-state index contributed by atoms with van der Waals surface area (Å²) in [7, 11) is 0. The van der Waals surface area contributed by atoms with Crippen LogP contribution in [0.3, 0.4) is 0 Å². The van der Waals surface area contributed by atoms with E-state index in [1.165, 1.54) is 0 Å². The smallest absolute Gasteiger partial charge is 0.407 e. The lowest BCUT2D eigenvalue weighted by atomic mass is 10.2. The van der Waals surface area contributed by atoms with Gasteiger partial charge >= 0.3 is 6.09 Å². The molecule has 0 atom stereocenters. The van der Waals surface area contributed by atoms with Crippen LogP contribution in [0.4, 0.5) is 10.5 Å². The molecule has 0 bridgehead atoms. The van der Waals surface area contributed by atoms with Gasteiger partial charge in [-0.1, -0.05) is 23.7 Å². The van der Waals surface area contributed by atoms with Crippen LogP contribution < -0.4 is 16.0 Å². The van der Waals surface area contributed by atoms with Crippen LogP contribution in [0.5, 0.6) is 0 Å². The second-order valence-electron chi connectivity index (χ2n) is 7.57. The first-order valence-electron chi connectivity index (χ1n) is 9.53. The van der Waals surface area contributed by atoms with Crippen LogP contribution in [-0.2, 0) is 11.3 Å². The number of anilines is 1. The second-order valence-corrected chi connectivity index (χ2v) is 8.80. The zero-order valence-corrected chi connectivity index (χ0v) is 19.6. The van der Waals surface area contributed by atoms with E-state index in [2.05, 4.69) is 36.9 Å². The van der Waals surface area contributed by atoms with Crippen molar-refractivity contribution in [3.63, 3.8) is 0 Å².